The summed E-state index contributed by atoms with van der Waals surface area (Å²) in [5.74, 6) is 0. The summed E-state index contributed by atoms with van der Waals surface area (Å²) >= 11 is 0. The maximum atomic E-state index is 12.7. The number of hydrogen-bond donors (Lipinski definition) is 0. The number of piperidine rings is 1. The Hall–Kier alpha value is -1.85. The zero-order chi connectivity index (χ0) is 20.9. The lowest BCUT2D eigenvalue weighted by Crippen LogP contribution is -2.40. The predicted molar refractivity (Wildman–Crippen MR) is 113 cm³/mol. The Bertz CT molecular complexity index is 745. The Kier molecular flexibility index (Phi) is 7.36. The minimum atomic E-state index is -4.29. The molecule has 0 saturated carbocycles. The molecule has 0 aliphatic carbocycles. The van der Waals surface area contributed by atoms with E-state index in [0.29, 0.717) is 6.04 Å². The van der Waals surface area contributed by atoms with Gasteiger partial charge < -0.3 is 4.90 Å². The van der Waals surface area contributed by atoms with Crippen LogP contribution in [-0.4, -0.2) is 42.0 Å². The minimum absolute atomic E-state index is 0.467. The number of likely N-dealkylation sites (tertiary alicyclic amines) is 1. The molecule has 1 heterocycles. The van der Waals surface area contributed by atoms with Gasteiger partial charge in [-0.3, -0.25) is 4.90 Å². The summed E-state index contributed by atoms with van der Waals surface area (Å²) in [6, 6.07) is 14.0. The molecular weight excluding hydrogens is 373 g/mol. The van der Waals surface area contributed by atoms with Crippen LogP contribution >= 0.6 is 0 Å². The Morgan fingerprint density at radius 2 is 1.41 bits per heavy atom. The fourth-order valence-electron chi connectivity index (χ4n) is 3.86. The summed E-state index contributed by atoms with van der Waals surface area (Å²) in [6.45, 7) is 9.94. The van der Waals surface area contributed by atoms with Crippen LogP contribution in [0.5, 0.6) is 0 Å². The number of nitrogens with zero attached hydrogens (tertiary/aromatic N) is 2. The van der Waals surface area contributed by atoms with Crippen LogP contribution in [0.4, 0.5) is 13.2 Å². The van der Waals surface area contributed by atoms with Gasteiger partial charge in [-0.2, -0.15) is 13.2 Å². The van der Waals surface area contributed by atoms with Crippen LogP contribution in [-0.2, 0) is 12.7 Å². The van der Waals surface area contributed by atoms with Crippen molar-refractivity contribution in [3.05, 3.63) is 59.7 Å². The fraction of sp³-hybridized carbons (Fsp3) is 0.500. The van der Waals surface area contributed by atoms with E-state index >= 15 is 0 Å². The van der Waals surface area contributed by atoms with E-state index in [-0.39, 0.29) is 0 Å². The van der Waals surface area contributed by atoms with Gasteiger partial charge in [0.15, 0.2) is 0 Å². The van der Waals surface area contributed by atoms with E-state index < -0.39 is 11.7 Å². The van der Waals surface area contributed by atoms with Gasteiger partial charge in [0.05, 0.1) is 5.56 Å². The van der Waals surface area contributed by atoms with Crippen molar-refractivity contribution in [2.45, 2.75) is 51.9 Å². The second kappa shape index (κ2) is 9.77. The molecule has 0 amide bonds. The van der Waals surface area contributed by atoms with Crippen molar-refractivity contribution in [2.24, 2.45) is 0 Å². The second-order valence-corrected chi connectivity index (χ2v) is 8.24. The van der Waals surface area contributed by atoms with Gasteiger partial charge in [-0.25, -0.2) is 0 Å². The molecule has 1 aliphatic heterocycles. The number of halogens is 3. The molecule has 0 aromatic heterocycles. The molecule has 0 unspecified atom stereocenters. The first-order valence-electron chi connectivity index (χ1n) is 10.6. The van der Waals surface area contributed by atoms with E-state index in [1.54, 1.807) is 0 Å². The molecule has 0 atom stereocenters. The van der Waals surface area contributed by atoms with Crippen molar-refractivity contribution in [2.75, 3.05) is 26.2 Å². The second-order valence-electron chi connectivity index (χ2n) is 8.24. The molecule has 29 heavy (non-hydrogen) atoms. The van der Waals surface area contributed by atoms with Crippen molar-refractivity contribution < 1.29 is 13.2 Å². The summed E-state index contributed by atoms with van der Waals surface area (Å²) in [5, 5.41) is 0. The molecule has 0 spiro atoms. The normalized spacial score (nSPS) is 16.0. The molecule has 0 radical (unpaired) electrons. The number of rotatable bonds is 7. The van der Waals surface area contributed by atoms with Gasteiger partial charge in [-0.1, -0.05) is 42.8 Å². The SMILES string of the molecule is CC(C)N(CCN1CCCCC1)Cc1ccc(-c2ccc(C(F)(F)F)cc2)cc1. The van der Waals surface area contributed by atoms with Gasteiger partial charge in [-0.05, 0) is 68.6 Å². The van der Waals surface area contributed by atoms with E-state index in [0.717, 1.165) is 42.9 Å². The number of alkyl halides is 3. The van der Waals surface area contributed by atoms with Gasteiger partial charge >= 0.3 is 6.18 Å². The van der Waals surface area contributed by atoms with Crippen LogP contribution in [0.15, 0.2) is 48.5 Å². The molecule has 2 aromatic carbocycles. The lowest BCUT2D eigenvalue weighted by atomic mass is 10.0. The molecule has 2 nitrogen and oxygen atoms in total. The third-order valence-corrected chi connectivity index (χ3v) is 5.77. The lowest BCUT2D eigenvalue weighted by molar-refractivity contribution is -0.137. The maximum Gasteiger partial charge on any atom is 0.416 e. The molecule has 1 aliphatic rings. The highest BCUT2D eigenvalue weighted by Crippen LogP contribution is 2.31. The topological polar surface area (TPSA) is 6.48 Å². The van der Waals surface area contributed by atoms with E-state index in [1.807, 2.05) is 12.1 Å². The van der Waals surface area contributed by atoms with E-state index in [9.17, 15) is 13.2 Å². The first kappa shape index (κ1) is 21.8. The lowest BCUT2D eigenvalue weighted by Gasteiger charge is -2.32. The monoisotopic (exact) mass is 404 g/mol. The van der Waals surface area contributed by atoms with Gasteiger partial charge in [0.25, 0.3) is 0 Å². The third-order valence-electron chi connectivity index (χ3n) is 5.77. The molecule has 5 heteroatoms. The van der Waals surface area contributed by atoms with Crippen molar-refractivity contribution in [1.29, 1.82) is 0 Å². The highest BCUT2D eigenvalue weighted by molar-refractivity contribution is 5.64. The molecule has 3 rings (SSSR count). The van der Waals surface area contributed by atoms with Crippen LogP contribution in [0, 0.1) is 0 Å². The van der Waals surface area contributed by atoms with Crippen LogP contribution < -0.4 is 0 Å². The Morgan fingerprint density at radius 1 is 0.862 bits per heavy atom. The van der Waals surface area contributed by atoms with Crippen molar-refractivity contribution in [3.63, 3.8) is 0 Å². The first-order chi connectivity index (χ1) is 13.8. The zero-order valence-electron chi connectivity index (χ0n) is 17.4. The molecular formula is C24H31F3N2. The van der Waals surface area contributed by atoms with Gasteiger partial charge in [0.1, 0.15) is 0 Å². The highest BCUT2D eigenvalue weighted by Gasteiger charge is 2.29. The largest absolute Gasteiger partial charge is 0.416 e. The summed E-state index contributed by atoms with van der Waals surface area (Å²) in [5.41, 5.74) is 2.36. The first-order valence-corrected chi connectivity index (χ1v) is 10.6. The molecule has 1 fully saturated rings. The Morgan fingerprint density at radius 3 is 1.93 bits per heavy atom. The van der Waals surface area contributed by atoms with Gasteiger partial charge in [0, 0.05) is 25.7 Å². The average molecular weight is 405 g/mol. The van der Waals surface area contributed by atoms with Crippen LogP contribution in [0.3, 0.4) is 0 Å². The van der Waals surface area contributed by atoms with Crippen LogP contribution in [0.1, 0.15) is 44.2 Å². The van der Waals surface area contributed by atoms with Gasteiger partial charge in [-0.15, -0.1) is 0 Å². The summed E-state index contributed by atoms with van der Waals surface area (Å²) in [6.07, 6.45) is -0.313. The summed E-state index contributed by atoms with van der Waals surface area (Å²) < 4.78 is 38.2. The van der Waals surface area contributed by atoms with Crippen LogP contribution in [0.2, 0.25) is 0 Å². The fourth-order valence-corrected chi connectivity index (χ4v) is 3.86. The smallest absolute Gasteiger partial charge is 0.302 e. The van der Waals surface area contributed by atoms with Gasteiger partial charge in [0.2, 0.25) is 0 Å². The Balaban J connectivity index is 1.60. The molecule has 0 bridgehead atoms. The van der Waals surface area contributed by atoms with E-state index in [1.165, 1.54) is 50.0 Å². The number of benzene rings is 2. The molecule has 0 N–H and O–H groups in total. The third kappa shape index (κ3) is 6.31. The maximum absolute atomic E-state index is 12.7. The average Bonchev–Trinajstić information content (AvgIpc) is 2.71. The molecule has 1 saturated heterocycles. The summed E-state index contributed by atoms with van der Waals surface area (Å²) in [4.78, 5) is 5.05. The van der Waals surface area contributed by atoms with Crippen molar-refractivity contribution >= 4 is 0 Å². The summed E-state index contributed by atoms with van der Waals surface area (Å²) in [7, 11) is 0. The Labute approximate surface area is 172 Å². The minimum Gasteiger partial charge on any atom is -0.302 e. The quantitative estimate of drug-likeness (QED) is 0.553. The predicted octanol–water partition coefficient (Wildman–Crippen LogP) is 6.07. The molecule has 2 aromatic rings. The standard InChI is InChI=1S/C24H31F3N2/c1-19(2)29(17-16-28-14-4-3-5-15-28)18-20-6-8-21(9-7-20)22-10-12-23(13-11-22)24(25,26)27/h6-13,19H,3-5,14-18H2,1-2H3. The zero-order valence-corrected chi connectivity index (χ0v) is 17.4. The number of hydrogen-bond acceptors (Lipinski definition) is 2. The molecule has 158 valence electrons. The van der Waals surface area contributed by atoms with E-state index in [2.05, 4.69) is 35.8 Å². The van der Waals surface area contributed by atoms with Crippen molar-refractivity contribution in [3.8, 4) is 11.1 Å². The van der Waals surface area contributed by atoms with Crippen molar-refractivity contribution in [1.82, 2.24) is 9.80 Å². The van der Waals surface area contributed by atoms with E-state index in [4.69, 9.17) is 0 Å². The highest BCUT2D eigenvalue weighted by atomic mass is 19.4. The van der Waals surface area contributed by atoms with Crippen LogP contribution in [0.25, 0.3) is 11.1 Å².